The summed E-state index contributed by atoms with van der Waals surface area (Å²) >= 11 is 0. The van der Waals surface area contributed by atoms with Crippen molar-refractivity contribution in [2.45, 2.75) is 0 Å². The highest BCUT2D eigenvalue weighted by molar-refractivity contribution is 5.90. The molecule has 0 aliphatic heterocycles. The van der Waals surface area contributed by atoms with E-state index < -0.39 is 0 Å². The number of imidazole rings is 1. The smallest absolute Gasteiger partial charge is 0.337 e. The highest BCUT2D eigenvalue weighted by Crippen LogP contribution is 2.20. The molecule has 5 heteroatoms. The van der Waals surface area contributed by atoms with Gasteiger partial charge in [-0.05, 0) is 24.3 Å². The molecule has 5 nitrogen and oxygen atoms in total. The van der Waals surface area contributed by atoms with E-state index in [1.807, 2.05) is 10.5 Å². The minimum Gasteiger partial charge on any atom is -0.465 e. The Hall–Kier alpha value is -2.56. The summed E-state index contributed by atoms with van der Waals surface area (Å²) in [6, 6.07) is 7.06. The predicted molar refractivity (Wildman–Crippen MR) is 64.2 cm³/mol. The van der Waals surface area contributed by atoms with Gasteiger partial charge in [0, 0.05) is 6.20 Å². The van der Waals surface area contributed by atoms with Gasteiger partial charge in [0.15, 0.2) is 11.6 Å². The van der Waals surface area contributed by atoms with Crippen LogP contribution in [0.25, 0.3) is 17.1 Å². The molecule has 0 spiro atoms. The van der Waals surface area contributed by atoms with Crippen molar-refractivity contribution in [2.75, 3.05) is 7.11 Å². The highest BCUT2D eigenvalue weighted by Gasteiger charge is 2.11. The first kappa shape index (κ1) is 10.6. The van der Waals surface area contributed by atoms with Crippen LogP contribution >= 0.6 is 0 Å². The van der Waals surface area contributed by atoms with Gasteiger partial charge in [-0.15, -0.1) is 0 Å². The summed E-state index contributed by atoms with van der Waals surface area (Å²) in [5.74, 6) is 1.02. The van der Waals surface area contributed by atoms with Crippen LogP contribution < -0.4 is 0 Å². The third-order valence-corrected chi connectivity index (χ3v) is 2.69. The second kappa shape index (κ2) is 4.03. The molecule has 0 fully saturated rings. The lowest BCUT2D eigenvalue weighted by Crippen LogP contribution is -2.01. The molecule has 3 rings (SSSR count). The van der Waals surface area contributed by atoms with Gasteiger partial charge in [0.1, 0.15) is 0 Å². The highest BCUT2D eigenvalue weighted by atomic mass is 16.5. The van der Waals surface area contributed by atoms with Crippen molar-refractivity contribution >= 4 is 11.5 Å². The summed E-state index contributed by atoms with van der Waals surface area (Å²) in [4.78, 5) is 15.7. The fourth-order valence-electron chi connectivity index (χ4n) is 1.83. The molecule has 0 unspecified atom stereocenters. The monoisotopic (exact) mass is 242 g/mol. The zero-order valence-electron chi connectivity index (χ0n) is 9.66. The fourth-order valence-corrected chi connectivity index (χ4v) is 1.83. The van der Waals surface area contributed by atoms with E-state index in [0.29, 0.717) is 17.1 Å². The van der Waals surface area contributed by atoms with Crippen molar-refractivity contribution in [3.8, 4) is 11.6 Å². The van der Waals surface area contributed by atoms with E-state index in [0.717, 1.165) is 5.52 Å². The lowest BCUT2D eigenvalue weighted by Gasteiger charge is -2.01. The summed E-state index contributed by atoms with van der Waals surface area (Å²) in [6.45, 7) is 0. The van der Waals surface area contributed by atoms with Crippen molar-refractivity contribution in [1.82, 2.24) is 9.38 Å². The van der Waals surface area contributed by atoms with Crippen LogP contribution in [-0.2, 0) is 4.74 Å². The van der Waals surface area contributed by atoms with E-state index >= 15 is 0 Å². The van der Waals surface area contributed by atoms with Gasteiger partial charge >= 0.3 is 5.97 Å². The number of furan rings is 1. The number of esters is 1. The molecule has 90 valence electrons. The van der Waals surface area contributed by atoms with Crippen molar-refractivity contribution < 1.29 is 13.9 Å². The number of carbonyl (C=O) groups excluding carboxylic acids is 1. The Morgan fingerprint density at radius 3 is 3.06 bits per heavy atom. The van der Waals surface area contributed by atoms with Crippen LogP contribution in [0.4, 0.5) is 0 Å². The minimum atomic E-state index is -0.363. The molecule has 0 saturated carbocycles. The number of hydrogen-bond acceptors (Lipinski definition) is 4. The maximum Gasteiger partial charge on any atom is 0.337 e. The molecule has 3 aromatic heterocycles. The number of hydrogen-bond donors (Lipinski definition) is 0. The number of pyridine rings is 1. The molecule has 0 amide bonds. The van der Waals surface area contributed by atoms with Crippen LogP contribution in [0.5, 0.6) is 0 Å². The first-order valence-electron chi connectivity index (χ1n) is 5.39. The van der Waals surface area contributed by atoms with Crippen molar-refractivity contribution in [1.29, 1.82) is 0 Å². The molecule has 0 aromatic carbocycles. The van der Waals surface area contributed by atoms with Gasteiger partial charge < -0.3 is 9.15 Å². The maximum atomic E-state index is 11.4. The normalized spacial score (nSPS) is 10.7. The number of carbonyl (C=O) groups is 1. The van der Waals surface area contributed by atoms with E-state index in [9.17, 15) is 4.79 Å². The molecule has 0 atom stereocenters. The summed E-state index contributed by atoms with van der Waals surface area (Å²) in [5, 5.41) is 0. The van der Waals surface area contributed by atoms with Crippen LogP contribution in [0.15, 0.2) is 47.3 Å². The molecule has 3 heterocycles. The van der Waals surface area contributed by atoms with Crippen LogP contribution in [0.2, 0.25) is 0 Å². The first-order chi connectivity index (χ1) is 8.79. The molecule has 0 radical (unpaired) electrons. The number of fused-ring (bicyclic) bond motifs is 1. The molecule has 0 aliphatic rings. The Morgan fingerprint density at radius 1 is 1.44 bits per heavy atom. The zero-order valence-corrected chi connectivity index (χ0v) is 9.66. The van der Waals surface area contributed by atoms with E-state index in [1.165, 1.54) is 7.11 Å². The second-order valence-corrected chi connectivity index (χ2v) is 3.76. The molecule has 0 aliphatic carbocycles. The number of ether oxygens (including phenoxy) is 1. The second-order valence-electron chi connectivity index (χ2n) is 3.76. The van der Waals surface area contributed by atoms with Gasteiger partial charge in [-0.1, -0.05) is 0 Å². The molecule has 3 aromatic rings. The Balaban J connectivity index is 2.14. The van der Waals surface area contributed by atoms with Crippen molar-refractivity contribution in [3.63, 3.8) is 0 Å². The number of nitrogens with zero attached hydrogens (tertiary/aromatic N) is 2. The van der Waals surface area contributed by atoms with E-state index in [-0.39, 0.29) is 5.97 Å². The third-order valence-electron chi connectivity index (χ3n) is 2.69. The van der Waals surface area contributed by atoms with Crippen molar-refractivity contribution in [3.05, 3.63) is 48.5 Å². The number of aromatic nitrogens is 2. The number of rotatable bonds is 2. The summed E-state index contributed by atoms with van der Waals surface area (Å²) < 4.78 is 11.8. The van der Waals surface area contributed by atoms with Crippen LogP contribution in [0.3, 0.4) is 0 Å². The average molecular weight is 242 g/mol. The van der Waals surface area contributed by atoms with Crippen LogP contribution in [-0.4, -0.2) is 22.5 Å². The standard InChI is InChI=1S/C13H10N2O3/c1-17-13(16)9-4-5-15-10(7-9)8-14-12(15)11-3-2-6-18-11/h2-8H,1H3. The molecule has 0 N–H and O–H groups in total. The predicted octanol–water partition coefficient (Wildman–Crippen LogP) is 2.38. The lowest BCUT2D eigenvalue weighted by molar-refractivity contribution is 0.0601. The molecule has 0 saturated heterocycles. The fraction of sp³-hybridized carbons (Fsp3) is 0.0769. The summed E-state index contributed by atoms with van der Waals surface area (Å²) in [7, 11) is 1.36. The average Bonchev–Trinajstić information content (AvgIpc) is 3.05. The van der Waals surface area contributed by atoms with Gasteiger partial charge in [-0.25, -0.2) is 9.78 Å². The van der Waals surface area contributed by atoms with Crippen molar-refractivity contribution in [2.24, 2.45) is 0 Å². The third kappa shape index (κ3) is 1.57. The molecule has 0 bridgehead atoms. The van der Waals surface area contributed by atoms with E-state index in [4.69, 9.17) is 4.42 Å². The molecular formula is C13H10N2O3. The lowest BCUT2D eigenvalue weighted by atomic mass is 10.2. The number of methoxy groups -OCH3 is 1. The quantitative estimate of drug-likeness (QED) is 0.647. The SMILES string of the molecule is COC(=O)c1ccn2c(-c3ccco3)ncc2c1. The van der Waals surface area contributed by atoms with Gasteiger partial charge in [0.05, 0.1) is 30.6 Å². The maximum absolute atomic E-state index is 11.4. The molecule has 18 heavy (non-hydrogen) atoms. The van der Waals surface area contributed by atoms with Crippen LogP contribution in [0.1, 0.15) is 10.4 Å². The van der Waals surface area contributed by atoms with Gasteiger partial charge in [0.2, 0.25) is 0 Å². The van der Waals surface area contributed by atoms with Crippen LogP contribution in [0, 0.1) is 0 Å². The van der Waals surface area contributed by atoms with Gasteiger partial charge in [-0.3, -0.25) is 4.40 Å². The largest absolute Gasteiger partial charge is 0.465 e. The Labute approximate surface area is 103 Å². The van der Waals surface area contributed by atoms with Gasteiger partial charge in [0.25, 0.3) is 0 Å². The minimum absolute atomic E-state index is 0.363. The first-order valence-corrected chi connectivity index (χ1v) is 5.39. The topological polar surface area (TPSA) is 56.7 Å². The Bertz CT molecular complexity index is 698. The summed E-state index contributed by atoms with van der Waals surface area (Å²) in [5.41, 5.74) is 1.31. The molecular weight excluding hydrogens is 232 g/mol. The van der Waals surface area contributed by atoms with E-state index in [2.05, 4.69) is 9.72 Å². The zero-order chi connectivity index (χ0) is 12.5. The summed E-state index contributed by atoms with van der Waals surface area (Å²) in [6.07, 6.45) is 5.05. The Morgan fingerprint density at radius 2 is 2.33 bits per heavy atom. The Kier molecular flexibility index (Phi) is 2.37. The van der Waals surface area contributed by atoms with Gasteiger partial charge in [-0.2, -0.15) is 0 Å². The van der Waals surface area contributed by atoms with E-state index in [1.54, 1.807) is 36.9 Å².